The molecule has 0 aromatic carbocycles. The van der Waals surface area contributed by atoms with Crippen LogP contribution < -0.4 is 0 Å². The lowest BCUT2D eigenvalue weighted by Crippen LogP contribution is -2.15. The smallest absolute Gasteiger partial charge is 0.305 e. The molecule has 0 aliphatic heterocycles. The van der Waals surface area contributed by atoms with E-state index in [0.29, 0.717) is 6.42 Å². The second-order valence-electron chi connectivity index (χ2n) is 6.47. The first-order valence-electron chi connectivity index (χ1n) is 9.46. The summed E-state index contributed by atoms with van der Waals surface area (Å²) in [5.74, 6) is -0.145. The predicted octanol–water partition coefficient (Wildman–Crippen LogP) is 6.86. The van der Waals surface area contributed by atoms with E-state index in [0.717, 1.165) is 25.7 Å². The maximum atomic E-state index is 11.0. The highest BCUT2D eigenvalue weighted by Gasteiger charge is 2.16. The molecule has 0 fully saturated rings. The van der Waals surface area contributed by atoms with Gasteiger partial charge in [0.25, 0.3) is 0 Å². The molecule has 0 N–H and O–H groups in total. The quantitative estimate of drug-likeness (QED) is 0.169. The standard InChI is InChI=1S/C19H36Cl2O2/c1-3-4-5-6-7-8-9-10-11-14-17(20)18(21)15-12-13-16-19(22)23-2/h17-18H,3-16H2,1-2H3/t17-,18-/m0/s1. The molecule has 2 atom stereocenters. The summed E-state index contributed by atoms with van der Waals surface area (Å²) in [6.45, 7) is 2.26. The molecule has 0 aliphatic carbocycles. The van der Waals surface area contributed by atoms with Crippen molar-refractivity contribution in [1.82, 2.24) is 0 Å². The first-order valence-corrected chi connectivity index (χ1v) is 10.3. The SMILES string of the molecule is CCCCCCCCCCC[C@H](Cl)[C@@H](Cl)CCCCC(=O)OC. The highest BCUT2D eigenvalue weighted by Crippen LogP contribution is 2.22. The molecule has 0 rings (SSSR count). The minimum absolute atomic E-state index is 0.0170. The number of methoxy groups -OCH3 is 1. The Labute approximate surface area is 153 Å². The number of ether oxygens (including phenoxy) is 1. The minimum atomic E-state index is -0.145. The number of alkyl halides is 2. The molecule has 2 nitrogen and oxygen atoms in total. The Hall–Kier alpha value is 0.0500. The lowest BCUT2D eigenvalue weighted by molar-refractivity contribution is -0.140. The first-order chi connectivity index (χ1) is 11.1. The molecule has 0 aromatic rings. The van der Waals surface area contributed by atoms with Crippen molar-refractivity contribution in [3.63, 3.8) is 0 Å². The van der Waals surface area contributed by atoms with Crippen LogP contribution in [0, 0.1) is 0 Å². The number of halogens is 2. The molecule has 23 heavy (non-hydrogen) atoms. The summed E-state index contributed by atoms with van der Waals surface area (Å²) in [4.78, 5) is 11.0. The number of hydrogen-bond donors (Lipinski definition) is 0. The number of unbranched alkanes of at least 4 members (excludes halogenated alkanes) is 9. The Kier molecular flexibility index (Phi) is 16.9. The number of hydrogen-bond acceptors (Lipinski definition) is 2. The molecule has 4 heteroatoms. The molecule has 0 radical (unpaired) electrons. The van der Waals surface area contributed by atoms with Crippen molar-refractivity contribution in [3.8, 4) is 0 Å². The Morgan fingerprint density at radius 2 is 1.22 bits per heavy atom. The van der Waals surface area contributed by atoms with Gasteiger partial charge in [0.2, 0.25) is 0 Å². The van der Waals surface area contributed by atoms with E-state index in [1.807, 2.05) is 0 Å². The molecule has 0 aliphatic rings. The van der Waals surface area contributed by atoms with Crippen molar-refractivity contribution in [1.29, 1.82) is 0 Å². The fraction of sp³-hybridized carbons (Fsp3) is 0.947. The summed E-state index contributed by atoms with van der Waals surface area (Å²) >= 11 is 12.7. The van der Waals surface area contributed by atoms with Crippen LogP contribution in [0.2, 0.25) is 0 Å². The van der Waals surface area contributed by atoms with Crippen LogP contribution >= 0.6 is 23.2 Å². The van der Waals surface area contributed by atoms with Crippen LogP contribution in [0.15, 0.2) is 0 Å². The van der Waals surface area contributed by atoms with E-state index in [9.17, 15) is 4.79 Å². The van der Waals surface area contributed by atoms with Crippen LogP contribution in [-0.4, -0.2) is 23.8 Å². The van der Waals surface area contributed by atoms with Crippen molar-refractivity contribution in [2.24, 2.45) is 0 Å². The molecular weight excluding hydrogens is 331 g/mol. The van der Waals surface area contributed by atoms with Gasteiger partial charge in [-0.2, -0.15) is 0 Å². The van der Waals surface area contributed by atoms with Crippen molar-refractivity contribution in [2.75, 3.05) is 7.11 Å². The molecule has 0 unspecified atom stereocenters. The number of esters is 1. The summed E-state index contributed by atoms with van der Waals surface area (Å²) in [7, 11) is 1.42. The summed E-state index contributed by atoms with van der Waals surface area (Å²) in [6.07, 6.45) is 16.1. The van der Waals surface area contributed by atoms with Crippen molar-refractivity contribution in [2.45, 2.75) is 108 Å². The van der Waals surface area contributed by atoms with E-state index < -0.39 is 0 Å². The number of carbonyl (C=O) groups is 1. The van der Waals surface area contributed by atoms with Gasteiger partial charge in [-0.15, -0.1) is 23.2 Å². The molecule has 0 spiro atoms. The highest BCUT2D eigenvalue weighted by atomic mass is 35.5. The first kappa shape index (κ1) is 23.1. The van der Waals surface area contributed by atoms with E-state index in [-0.39, 0.29) is 16.7 Å². The third-order valence-corrected chi connectivity index (χ3v) is 5.49. The monoisotopic (exact) mass is 366 g/mol. The van der Waals surface area contributed by atoms with Crippen molar-refractivity contribution < 1.29 is 9.53 Å². The summed E-state index contributed by atoms with van der Waals surface area (Å²) < 4.78 is 4.62. The van der Waals surface area contributed by atoms with Gasteiger partial charge < -0.3 is 4.74 Å². The van der Waals surface area contributed by atoms with E-state index in [1.54, 1.807) is 0 Å². The van der Waals surface area contributed by atoms with E-state index in [2.05, 4.69) is 11.7 Å². The number of carbonyl (C=O) groups excluding carboxylic acids is 1. The van der Waals surface area contributed by atoms with Crippen LogP contribution in [0.25, 0.3) is 0 Å². The predicted molar refractivity (Wildman–Crippen MR) is 102 cm³/mol. The van der Waals surface area contributed by atoms with Crippen LogP contribution in [-0.2, 0) is 9.53 Å². The fourth-order valence-corrected chi connectivity index (χ4v) is 3.28. The molecule has 0 saturated carbocycles. The summed E-state index contributed by atoms with van der Waals surface area (Å²) in [6, 6.07) is 0. The average molecular weight is 367 g/mol. The molecule has 0 heterocycles. The molecule has 0 saturated heterocycles. The van der Waals surface area contributed by atoms with Crippen LogP contribution in [0.4, 0.5) is 0 Å². The van der Waals surface area contributed by atoms with Crippen LogP contribution in [0.1, 0.15) is 96.8 Å². The van der Waals surface area contributed by atoms with Gasteiger partial charge in [0, 0.05) is 17.2 Å². The molecular formula is C19H36Cl2O2. The number of rotatable bonds is 16. The van der Waals surface area contributed by atoms with Crippen LogP contribution in [0.5, 0.6) is 0 Å². The molecule has 0 bridgehead atoms. The van der Waals surface area contributed by atoms with Crippen molar-refractivity contribution in [3.05, 3.63) is 0 Å². The van der Waals surface area contributed by atoms with Gasteiger partial charge in [0.05, 0.1) is 7.11 Å². The van der Waals surface area contributed by atoms with Gasteiger partial charge in [-0.05, 0) is 19.3 Å². The largest absolute Gasteiger partial charge is 0.469 e. The third-order valence-electron chi connectivity index (χ3n) is 4.31. The van der Waals surface area contributed by atoms with Gasteiger partial charge in [0.15, 0.2) is 0 Å². The van der Waals surface area contributed by atoms with Gasteiger partial charge in [-0.3, -0.25) is 4.79 Å². The normalized spacial score (nSPS) is 13.7. The zero-order chi connectivity index (χ0) is 17.3. The second-order valence-corrected chi connectivity index (χ2v) is 7.59. The van der Waals surface area contributed by atoms with E-state index in [4.69, 9.17) is 23.2 Å². The van der Waals surface area contributed by atoms with Crippen molar-refractivity contribution >= 4 is 29.2 Å². The topological polar surface area (TPSA) is 26.3 Å². The zero-order valence-corrected chi connectivity index (χ0v) is 16.6. The lowest BCUT2D eigenvalue weighted by atomic mass is 10.0. The average Bonchev–Trinajstić information content (AvgIpc) is 2.56. The van der Waals surface area contributed by atoms with Gasteiger partial charge in [0.1, 0.15) is 0 Å². The Morgan fingerprint density at radius 1 is 0.783 bits per heavy atom. The van der Waals surface area contributed by atoms with Crippen LogP contribution in [0.3, 0.4) is 0 Å². The maximum absolute atomic E-state index is 11.0. The summed E-state index contributed by atoms with van der Waals surface area (Å²) in [5.41, 5.74) is 0. The minimum Gasteiger partial charge on any atom is -0.469 e. The van der Waals surface area contributed by atoms with Gasteiger partial charge in [-0.1, -0.05) is 71.1 Å². The maximum Gasteiger partial charge on any atom is 0.305 e. The van der Waals surface area contributed by atoms with Gasteiger partial charge >= 0.3 is 5.97 Å². The Bertz CT molecular complexity index is 272. The molecule has 0 aromatic heterocycles. The summed E-state index contributed by atoms with van der Waals surface area (Å²) in [5, 5.41) is 0.0719. The molecule has 138 valence electrons. The lowest BCUT2D eigenvalue weighted by Gasteiger charge is -2.15. The van der Waals surface area contributed by atoms with E-state index >= 15 is 0 Å². The fourth-order valence-electron chi connectivity index (χ4n) is 2.72. The molecule has 0 amide bonds. The highest BCUT2D eigenvalue weighted by molar-refractivity contribution is 6.29. The Morgan fingerprint density at radius 3 is 1.70 bits per heavy atom. The third kappa shape index (κ3) is 15.3. The van der Waals surface area contributed by atoms with Gasteiger partial charge in [-0.25, -0.2) is 0 Å². The zero-order valence-electron chi connectivity index (χ0n) is 15.1. The van der Waals surface area contributed by atoms with E-state index in [1.165, 1.54) is 64.9 Å². The second kappa shape index (κ2) is 16.9. The Balaban J connectivity index is 3.40.